The third-order valence-corrected chi connectivity index (χ3v) is 2.35. The Morgan fingerprint density at radius 3 is 2.60 bits per heavy atom. The van der Waals surface area contributed by atoms with Gasteiger partial charge in [0.25, 0.3) is 0 Å². The Morgan fingerprint density at radius 1 is 1.20 bits per heavy atom. The lowest BCUT2D eigenvalue weighted by molar-refractivity contribution is 0.416. The standard InChI is InChI=1S/C12H14N2O/c1-8-3-6-11(14-8)10-5-4-9(13)7-12(10)15-2/h3-7,14H,13H2,1-2H3. The van der Waals surface area contributed by atoms with Gasteiger partial charge in [-0.2, -0.15) is 0 Å². The molecule has 0 saturated heterocycles. The Morgan fingerprint density at radius 2 is 2.00 bits per heavy atom. The van der Waals surface area contributed by atoms with Crippen molar-refractivity contribution in [2.24, 2.45) is 0 Å². The summed E-state index contributed by atoms with van der Waals surface area (Å²) in [6.07, 6.45) is 0. The van der Waals surface area contributed by atoms with Crippen LogP contribution in [0.4, 0.5) is 5.69 Å². The first-order valence-corrected chi connectivity index (χ1v) is 4.80. The van der Waals surface area contributed by atoms with Crippen molar-refractivity contribution < 1.29 is 4.74 Å². The number of aryl methyl sites for hydroxylation is 1. The number of nitrogens with one attached hydrogen (secondary N) is 1. The summed E-state index contributed by atoms with van der Waals surface area (Å²) in [6, 6.07) is 9.72. The molecular weight excluding hydrogens is 188 g/mol. The summed E-state index contributed by atoms with van der Waals surface area (Å²) in [4.78, 5) is 3.27. The fourth-order valence-corrected chi connectivity index (χ4v) is 1.59. The number of nitrogens with two attached hydrogens (primary N) is 1. The van der Waals surface area contributed by atoms with Gasteiger partial charge in [-0.3, -0.25) is 0 Å². The summed E-state index contributed by atoms with van der Waals surface area (Å²) in [5.41, 5.74) is 9.61. The second-order valence-corrected chi connectivity index (χ2v) is 3.51. The molecule has 0 aliphatic rings. The van der Waals surface area contributed by atoms with Crippen molar-refractivity contribution in [3.8, 4) is 17.0 Å². The normalized spacial score (nSPS) is 10.3. The minimum atomic E-state index is 0.707. The van der Waals surface area contributed by atoms with Gasteiger partial charge in [0.05, 0.1) is 7.11 Å². The molecule has 3 N–H and O–H groups in total. The number of benzene rings is 1. The number of nitrogen functional groups attached to an aromatic ring is 1. The van der Waals surface area contributed by atoms with Crippen LogP contribution >= 0.6 is 0 Å². The molecule has 3 nitrogen and oxygen atoms in total. The fourth-order valence-electron chi connectivity index (χ4n) is 1.59. The number of aromatic amines is 1. The Labute approximate surface area is 88.9 Å². The second-order valence-electron chi connectivity index (χ2n) is 3.51. The predicted molar refractivity (Wildman–Crippen MR) is 61.9 cm³/mol. The van der Waals surface area contributed by atoms with Gasteiger partial charge in [0.1, 0.15) is 5.75 Å². The van der Waals surface area contributed by atoms with Crippen molar-refractivity contribution in [1.82, 2.24) is 4.98 Å². The number of methoxy groups -OCH3 is 1. The van der Waals surface area contributed by atoms with E-state index in [4.69, 9.17) is 10.5 Å². The number of hydrogen-bond acceptors (Lipinski definition) is 2. The number of aromatic nitrogens is 1. The van der Waals surface area contributed by atoms with Gasteiger partial charge < -0.3 is 15.5 Å². The molecule has 1 aromatic heterocycles. The molecule has 0 aliphatic carbocycles. The van der Waals surface area contributed by atoms with Gasteiger partial charge in [-0.1, -0.05) is 0 Å². The molecule has 0 fully saturated rings. The van der Waals surface area contributed by atoms with Crippen LogP contribution in [0.2, 0.25) is 0 Å². The summed E-state index contributed by atoms with van der Waals surface area (Å²) in [5.74, 6) is 0.789. The first-order valence-electron chi connectivity index (χ1n) is 4.80. The van der Waals surface area contributed by atoms with E-state index in [1.165, 1.54) is 0 Å². The summed E-state index contributed by atoms with van der Waals surface area (Å²) < 4.78 is 5.29. The third kappa shape index (κ3) is 1.81. The van der Waals surface area contributed by atoms with Crippen LogP contribution in [0.3, 0.4) is 0 Å². The molecule has 1 heterocycles. The van der Waals surface area contributed by atoms with E-state index in [2.05, 4.69) is 4.98 Å². The quantitative estimate of drug-likeness (QED) is 0.735. The zero-order valence-corrected chi connectivity index (χ0v) is 8.87. The molecule has 0 aliphatic heterocycles. The summed E-state index contributed by atoms with van der Waals surface area (Å²) in [7, 11) is 1.65. The molecule has 0 spiro atoms. The molecule has 78 valence electrons. The minimum Gasteiger partial charge on any atom is -0.496 e. The maximum atomic E-state index is 5.70. The largest absolute Gasteiger partial charge is 0.496 e. The van der Waals surface area contributed by atoms with Crippen LogP contribution in [0.15, 0.2) is 30.3 Å². The van der Waals surface area contributed by atoms with Crippen LogP contribution in [0.5, 0.6) is 5.75 Å². The maximum absolute atomic E-state index is 5.70. The lowest BCUT2D eigenvalue weighted by Crippen LogP contribution is -1.91. The van der Waals surface area contributed by atoms with E-state index in [-0.39, 0.29) is 0 Å². The van der Waals surface area contributed by atoms with Gasteiger partial charge >= 0.3 is 0 Å². The molecule has 0 radical (unpaired) electrons. The van der Waals surface area contributed by atoms with Gasteiger partial charge in [-0.05, 0) is 31.2 Å². The maximum Gasteiger partial charge on any atom is 0.130 e. The van der Waals surface area contributed by atoms with Crippen molar-refractivity contribution in [1.29, 1.82) is 0 Å². The molecule has 3 heteroatoms. The molecular formula is C12H14N2O. The number of rotatable bonds is 2. The van der Waals surface area contributed by atoms with Crippen molar-refractivity contribution in [2.45, 2.75) is 6.92 Å². The van der Waals surface area contributed by atoms with E-state index < -0.39 is 0 Å². The number of hydrogen-bond donors (Lipinski definition) is 2. The fraction of sp³-hybridized carbons (Fsp3) is 0.167. The van der Waals surface area contributed by atoms with E-state index in [0.717, 1.165) is 22.7 Å². The van der Waals surface area contributed by atoms with E-state index in [1.54, 1.807) is 7.11 Å². The first kappa shape index (κ1) is 9.65. The molecule has 0 saturated carbocycles. The van der Waals surface area contributed by atoms with Crippen LogP contribution in [-0.4, -0.2) is 12.1 Å². The van der Waals surface area contributed by atoms with Crippen LogP contribution in [0.25, 0.3) is 11.3 Å². The van der Waals surface area contributed by atoms with Crippen LogP contribution in [0.1, 0.15) is 5.69 Å². The molecule has 2 rings (SSSR count). The van der Waals surface area contributed by atoms with Crippen molar-refractivity contribution in [3.05, 3.63) is 36.0 Å². The number of ether oxygens (including phenoxy) is 1. The Hall–Kier alpha value is -1.90. The SMILES string of the molecule is COc1cc(N)ccc1-c1ccc(C)[nH]1. The minimum absolute atomic E-state index is 0.707. The summed E-state index contributed by atoms with van der Waals surface area (Å²) >= 11 is 0. The lowest BCUT2D eigenvalue weighted by Gasteiger charge is -2.07. The van der Waals surface area contributed by atoms with Crippen molar-refractivity contribution in [2.75, 3.05) is 12.8 Å². The van der Waals surface area contributed by atoms with Crippen LogP contribution < -0.4 is 10.5 Å². The highest BCUT2D eigenvalue weighted by Gasteiger charge is 2.06. The Balaban J connectivity index is 2.52. The molecule has 0 bridgehead atoms. The molecule has 1 aromatic carbocycles. The monoisotopic (exact) mass is 202 g/mol. The number of anilines is 1. The second kappa shape index (κ2) is 3.69. The highest BCUT2D eigenvalue weighted by atomic mass is 16.5. The van der Waals surface area contributed by atoms with Gasteiger partial charge in [0.15, 0.2) is 0 Å². The van der Waals surface area contributed by atoms with Gasteiger partial charge in [0, 0.05) is 28.7 Å². The van der Waals surface area contributed by atoms with Crippen molar-refractivity contribution >= 4 is 5.69 Å². The summed E-state index contributed by atoms with van der Waals surface area (Å²) in [6.45, 7) is 2.02. The average Bonchev–Trinajstić information content (AvgIpc) is 2.64. The molecule has 15 heavy (non-hydrogen) atoms. The van der Waals surface area contributed by atoms with Crippen molar-refractivity contribution in [3.63, 3.8) is 0 Å². The lowest BCUT2D eigenvalue weighted by atomic mass is 10.1. The zero-order valence-electron chi connectivity index (χ0n) is 8.87. The zero-order chi connectivity index (χ0) is 10.8. The van der Waals surface area contributed by atoms with E-state index in [0.29, 0.717) is 5.69 Å². The highest BCUT2D eigenvalue weighted by molar-refractivity contribution is 5.70. The van der Waals surface area contributed by atoms with Gasteiger partial charge in [0.2, 0.25) is 0 Å². The van der Waals surface area contributed by atoms with Crippen LogP contribution in [-0.2, 0) is 0 Å². The Kier molecular flexibility index (Phi) is 2.37. The molecule has 0 unspecified atom stereocenters. The van der Waals surface area contributed by atoms with Gasteiger partial charge in [-0.15, -0.1) is 0 Å². The first-order chi connectivity index (χ1) is 7.20. The molecule has 2 aromatic rings. The average molecular weight is 202 g/mol. The highest BCUT2D eigenvalue weighted by Crippen LogP contribution is 2.30. The number of H-pyrrole nitrogens is 1. The summed E-state index contributed by atoms with van der Waals surface area (Å²) in [5, 5.41) is 0. The smallest absolute Gasteiger partial charge is 0.130 e. The molecule has 0 atom stereocenters. The van der Waals surface area contributed by atoms with Gasteiger partial charge in [-0.25, -0.2) is 0 Å². The molecule has 0 amide bonds. The van der Waals surface area contributed by atoms with E-state index in [1.807, 2.05) is 37.3 Å². The predicted octanol–water partition coefficient (Wildman–Crippen LogP) is 2.58. The topological polar surface area (TPSA) is 51.0 Å². The third-order valence-electron chi connectivity index (χ3n) is 2.35. The van der Waals surface area contributed by atoms with E-state index in [9.17, 15) is 0 Å². The van der Waals surface area contributed by atoms with Crippen LogP contribution in [0, 0.1) is 6.92 Å². The Bertz CT molecular complexity index is 474. The van der Waals surface area contributed by atoms with E-state index >= 15 is 0 Å².